The fraction of sp³-hybridized carbons (Fsp3) is 0.158. The largest absolute Gasteiger partial charge is 0.417 e. The second-order valence-corrected chi connectivity index (χ2v) is 6.53. The van der Waals surface area contributed by atoms with Crippen molar-refractivity contribution in [2.45, 2.75) is 6.18 Å². The maximum Gasteiger partial charge on any atom is 0.417 e. The average molecular weight is 442 g/mol. The van der Waals surface area contributed by atoms with Crippen LogP contribution in [0.1, 0.15) is 11.1 Å². The number of amides is 2. The van der Waals surface area contributed by atoms with E-state index in [-0.39, 0.29) is 11.4 Å². The van der Waals surface area contributed by atoms with Crippen LogP contribution in [0.4, 0.5) is 24.5 Å². The SMILES string of the molecule is CN(CC(=O)Nc1ccc(Cl)c(C(F)(F)F)c1)C(=O)C=Cc1cccc([N+](=O)[O-])c1. The van der Waals surface area contributed by atoms with E-state index in [0.29, 0.717) is 11.6 Å². The lowest BCUT2D eigenvalue weighted by atomic mass is 10.2. The number of likely N-dealkylation sites (N-methyl/N-ethyl adjacent to an activating group) is 1. The zero-order valence-corrected chi connectivity index (χ0v) is 16.2. The van der Waals surface area contributed by atoms with Crippen molar-refractivity contribution in [1.29, 1.82) is 0 Å². The van der Waals surface area contributed by atoms with Crippen LogP contribution >= 0.6 is 11.6 Å². The molecule has 1 N–H and O–H groups in total. The van der Waals surface area contributed by atoms with E-state index in [1.165, 1.54) is 37.4 Å². The van der Waals surface area contributed by atoms with Crippen LogP contribution in [0.3, 0.4) is 0 Å². The summed E-state index contributed by atoms with van der Waals surface area (Å²) in [4.78, 5) is 35.4. The molecule has 2 aromatic rings. The van der Waals surface area contributed by atoms with Crippen LogP contribution < -0.4 is 5.32 Å². The topological polar surface area (TPSA) is 92.6 Å². The first kappa shape index (κ1) is 22.9. The van der Waals surface area contributed by atoms with Gasteiger partial charge in [-0.25, -0.2) is 0 Å². The van der Waals surface area contributed by atoms with Gasteiger partial charge in [-0.2, -0.15) is 13.2 Å². The maximum atomic E-state index is 12.9. The number of carbonyl (C=O) groups excluding carboxylic acids is 2. The lowest BCUT2D eigenvalue weighted by Gasteiger charge is -2.16. The number of carbonyl (C=O) groups is 2. The molecule has 0 saturated carbocycles. The number of benzene rings is 2. The average Bonchev–Trinajstić information content (AvgIpc) is 2.66. The van der Waals surface area contributed by atoms with E-state index >= 15 is 0 Å². The van der Waals surface area contributed by atoms with E-state index in [1.807, 2.05) is 0 Å². The van der Waals surface area contributed by atoms with Crippen molar-refractivity contribution in [3.05, 3.63) is 74.8 Å². The molecule has 2 aromatic carbocycles. The molecule has 0 spiro atoms. The number of hydrogen-bond donors (Lipinski definition) is 1. The molecule has 0 aliphatic carbocycles. The smallest absolute Gasteiger partial charge is 0.333 e. The minimum atomic E-state index is -4.68. The molecule has 0 heterocycles. The summed E-state index contributed by atoms with van der Waals surface area (Å²) in [5, 5.41) is 12.5. The molecule has 0 atom stereocenters. The third kappa shape index (κ3) is 6.31. The van der Waals surface area contributed by atoms with Crippen LogP contribution in [0, 0.1) is 10.1 Å². The molecule has 2 rings (SSSR count). The van der Waals surface area contributed by atoms with Crippen molar-refractivity contribution in [3.8, 4) is 0 Å². The van der Waals surface area contributed by atoms with Crippen LogP contribution in [0.2, 0.25) is 5.02 Å². The molecule has 11 heteroatoms. The Morgan fingerprint density at radius 3 is 2.57 bits per heavy atom. The van der Waals surface area contributed by atoms with Gasteiger partial charge in [0.1, 0.15) is 0 Å². The molecule has 0 aliphatic rings. The minimum Gasteiger partial charge on any atom is -0.333 e. The highest BCUT2D eigenvalue weighted by molar-refractivity contribution is 6.31. The minimum absolute atomic E-state index is 0.121. The van der Waals surface area contributed by atoms with Gasteiger partial charge in [0, 0.05) is 30.9 Å². The number of anilines is 1. The summed E-state index contributed by atoms with van der Waals surface area (Å²) in [5.41, 5.74) is -0.939. The van der Waals surface area contributed by atoms with Gasteiger partial charge in [-0.05, 0) is 29.8 Å². The van der Waals surface area contributed by atoms with E-state index < -0.39 is 40.0 Å². The molecule has 7 nitrogen and oxygen atoms in total. The Labute approximate surface area is 173 Å². The molecule has 2 amide bonds. The third-order valence-electron chi connectivity index (χ3n) is 3.81. The van der Waals surface area contributed by atoms with Crippen molar-refractivity contribution in [3.63, 3.8) is 0 Å². The highest BCUT2D eigenvalue weighted by Crippen LogP contribution is 2.36. The molecular weight excluding hydrogens is 427 g/mol. The molecule has 0 aliphatic heterocycles. The summed E-state index contributed by atoms with van der Waals surface area (Å²) >= 11 is 5.53. The molecule has 158 valence electrons. The lowest BCUT2D eigenvalue weighted by molar-refractivity contribution is -0.384. The first-order valence-electron chi connectivity index (χ1n) is 8.31. The van der Waals surface area contributed by atoms with Gasteiger partial charge in [0.25, 0.3) is 5.69 Å². The van der Waals surface area contributed by atoms with Gasteiger partial charge in [-0.3, -0.25) is 19.7 Å². The molecule has 0 aromatic heterocycles. The Morgan fingerprint density at radius 2 is 1.93 bits per heavy atom. The summed E-state index contributed by atoms with van der Waals surface area (Å²) in [6, 6.07) is 8.51. The van der Waals surface area contributed by atoms with Crippen LogP contribution in [0.5, 0.6) is 0 Å². The van der Waals surface area contributed by atoms with Gasteiger partial charge in [0.05, 0.1) is 22.1 Å². The van der Waals surface area contributed by atoms with E-state index in [0.717, 1.165) is 17.0 Å². The van der Waals surface area contributed by atoms with Gasteiger partial charge in [-0.1, -0.05) is 23.7 Å². The molecule has 0 bridgehead atoms. The fourth-order valence-corrected chi connectivity index (χ4v) is 2.58. The fourth-order valence-electron chi connectivity index (χ4n) is 2.35. The van der Waals surface area contributed by atoms with Crippen LogP contribution in [-0.2, 0) is 15.8 Å². The van der Waals surface area contributed by atoms with Crippen molar-refractivity contribution in [1.82, 2.24) is 4.90 Å². The number of nitrogens with zero attached hydrogens (tertiary/aromatic N) is 2. The monoisotopic (exact) mass is 441 g/mol. The standard InChI is InChI=1S/C19H15ClF3N3O4/c1-25(18(28)8-5-12-3-2-4-14(9-12)26(29)30)11-17(27)24-13-6-7-16(20)15(10-13)19(21,22)23/h2-10H,11H2,1H3,(H,24,27). The Kier molecular flexibility index (Phi) is 7.17. The van der Waals surface area contributed by atoms with E-state index in [9.17, 15) is 32.9 Å². The zero-order chi connectivity index (χ0) is 22.5. The predicted molar refractivity (Wildman–Crippen MR) is 105 cm³/mol. The Morgan fingerprint density at radius 1 is 1.23 bits per heavy atom. The van der Waals surface area contributed by atoms with E-state index in [2.05, 4.69) is 5.32 Å². The number of hydrogen-bond acceptors (Lipinski definition) is 4. The summed E-state index contributed by atoms with van der Waals surface area (Å²) in [5.74, 6) is -1.30. The lowest BCUT2D eigenvalue weighted by Crippen LogP contribution is -2.33. The number of nitro benzene ring substituents is 1. The first-order valence-corrected chi connectivity index (χ1v) is 8.69. The van der Waals surface area contributed by atoms with Crippen molar-refractivity contribution in [2.75, 3.05) is 18.9 Å². The van der Waals surface area contributed by atoms with Gasteiger partial charge in [-0.15, -0.1) is 0 Å². The highest BCUT2D eigenvalue weighted by Gasteiger charge is 2.33. The molecular formula is C19H15ClF3N3O4. The Hall–Kier alpha value is -3.40. The summed E-state index contributed by atoms with van der Waals surface area (Å²) < 4.78 is 38.6. The van der Waals surface area contributed by atoms with Crippen molar-refractivity contribution in [2.24, 2.45) is 0 Å². The number of alkyl halides is 3. The number of nitro groups is 1. The van der Waals surface area contributed by atoms with Crippen molar-refractivity contribution >= 4 is 40.9 Å². The third-order valence-corrected chi connectivity index (χ3v) is 4.14. The van der Waals surface area contributed by atoms with Gasteiger partial charge >= 0.3 is 6.18 Å². The van der Waals surface area contributed by atoms with Gasteiger partial charge in [0.2, 0.25) is 11.8 Å². The Bertz CT molecular complexity index is 1010. The number of halogens is 4. The summed E-state index contributed by atoms with van der Waals surface area (Å²) in [6.45, 7) is -0.428. The predicted octanol–water partition coefficient (Wildman–Crippen LogP) is 4.38. The van der Waals surface area contributed by atoms with Crippen LogP contribution in [0.15, 0.2) is 48.5 Å². The summed E-state index contributed by atoms with van der Waals surface area (Å²) in [6.07, 6.45) is -2.21. The maximum absolute atomic E-state index is 12.9. The van der Waals surface area contributed by atoms with Crippen molar-refractivity contribution < 1.29 is 27.7 Å². The first-order chi connectivity index (χ1) is 14.0. The number of nitrogens with one attached hydrogen (secondary N) is 1. The molecule has 0 saturated heterocycles. The summed E-state index contributed by atoms with van der Waals surface area (Å²) in [7, 11) is 1.32. The zero-order valence-electron chi connectivity index (χ0n) is 15.4. The van der Waals surface area contributed by atoms with Gasteiger partial charge in [0.15, 0.2) is 0 Å². The molecule has 0 fully saturated rings. The van der Waals surface area contributed by atoms with Crippen LogP contribution in [0.25, 0.3) is 6.08 Å². The molecule has 0 unspecified atom stereocenters. The van der Waals surface area contributed by atoms with Crippen LogP contribution in [-0.4, -0.2) is 35.2 Å². The second kappa shape index (κ2) is 9.40. The highest BCUT2D eigenvalue weighted by atomic mass is 35.5. The van der Waals surface area contributed by atoms with Gasteiger partial charge < -0.3 is 10.2 Å². The normalized spacial score (nSPS) is 11.4. The number of non-ortho nitro benzene ring substituents is 1. The molecule has 30 heavy (non-hydrogen) atoms. The Balaban J connectivity index is 1.99. The second-order valence-electron chi connectivity index (χ2n) is 6.12. The quantitative estimate of drug-likeness (QED) is 0.409. The van der Waals surface area contributed by atoms with E-state index in [4.69, 9.17) is 11.6 Å². The molecule has 0 radical (unpaired) electrons. The van der Waals surface area contributed by atoms with E-state index in [1.54, 1.807) is 6.07 Å². The number of rotatable bonds is 6.